The topological polar surface area (TPSA) is 91.3 Å². The van der Waals surface area contributed by atoms with Crippen molar-refractivity contribution in [2.24, 2.45) is 0 Å². The van der Waals surface area contributed by atoms with Gasteiger partial charge in [-0.1, -0.05) is 24.1 Å². The number of hydrogen-bond acceptors (Lipinski definition) is 7. The van der Waals surface area contributed by atoms with Crippen LogP contribution < -0.4 is 0 Å². The van der Waals surface area contributed by atoms with Crippen LogP contribution in [0.5, 0.6) is 0 Å². The molecule has 0 aromatic heterocycles. The average molecular weight is 398 g/mol. The Morgan fingerprint density at radius 1 is 1.15 bits per heavy atom. The highest BCUT2D eigenvalue weighted by molar-refractivity contribution is 7.86. The number of aliphatic hydroxyl groups is 1. The van der Waals surface area contributed by atoms with E-state index in [2.05, 4.69) is 0 Å². The second-order valence-electron chi connectivity index (χ2n) is 7.73. The smallest absolute Gasteiger partial charge is 0.297 e. The first-order valence-corrected chi connectivity index (χ1v) is 10.9. The predicted octanol–water partition coefficient (Wildman–Crippen LogP) is 1.91. The van der Waals surface area contributed by atoms with Crippen LogP contribution in [0.25, 0.3) is 0 Å². The molecule has 1 aromatic carbocycles. The van der Waals surface area contributed by atoms with Gasteiger partial charge in [0, 0.05) is 12.8 Å². The van der Waals surface area contributed by atoms with Crippen LogP contribution in [0.4, 0.5) is 0 Å². The van der Waals surface area contributed by atoms with Crippen molar-refractivity contribution in [1.82, 2.24) is 0 Å². The van der Waals surface area contributed by atoms with E-state index in [9.17, 15) is 13.5 Å². The number of fused-ring (bicyclic) bond motifs is 1. The molecule has 7 nitrogen and oxygen atoms in total. The standard InChI is InChI=1S/C19H26O7S/c1-14-5-7-15(8-6-14)27(21,22)24-13-18(12-20)17-16(11-23-18)25-19(26-17)9-3-2-4-10-19/h5-8,16-17,20H,2-4,9-13H2,1H3/t16?,17?,18-/m0/s1. The summed E-state index contributed by atoms with van der Waals surface area (Å²) in [6.07, 6.45) is 3.97. The molecule has 1 aromatic rings. The van der Waals surface area contributed by atoms with Crippen LogP contribution in [0.15, 0.2) is 29.2 Å². The largest absolute Gasteiger partial charge is 0.393 e. The molecule has 4 rings (SSSR count). The first kappa shape index (κ1) is 19.3. The molecule has 27 heavy (non-hydrogen) atoms. The fourth-order valence-electron chi connectivity index (χ4n) is 4.15. The molecule has 8 heteroatoms. The highest BCUT2D eigenvalue weighted by Gasteiger charge is 2.61. The Morgan fingerprint density at radius 2 is 1.85 bits per heavy atom. The lowest BCUT2D eigenvalue weighted by Crippen LogP contribution is -2.51. The summed E-state index contributed by atoms with van der Waals surface area (Å²) in [5, 5.41) is 10.0. The molecular formula is C19H26O7S. The van der Waals surface area contributed by atoms with Gasteiger partial charge in [0.15, 0.2) is 5.79 Å². The van der Waals surface area contributed by atoms with Crippen molar-refractivity contribution < 1.29 is 31.9 Å². The zero-order valence-corrected chi connectivity index (χ0v) is 16.2. The maximum atomic E-state index is 12.5. The Hall–Kier alpha value is -1.03. The van der Waals surface area contributed by atoms with E-state index < -0.39 is 34.2 Å². The summed E-state index contributed by atoms with van der Waals surface area (Å²) in [4.78, 5) is 0.0723. The van der Waals surface area contributed by atoms with Gasteiger partial charge in [0.05, 0.1) is 18.1 Å². The molecule has 1 aliphatic carbocycles. The molecule has 0 bridgehead atoms. The first-order chi connectivity index (χ1) is 12.9. The molecule has 150 valence electrons. The Morgan fingerprint density at radius 3 is 2.52 bits per heavy atom. The van der Waals surface area contributed by atoms with Crippen LogP contribution in [-0.4, -0.2) is 56.9 Å². The van der Waals surface area contributed by atoms with Crippen LogP contribution in [0.3, 0.4) is 0 Å². The van der Waals surface area contributed by atoms with Gasteiger partial charge in [-0.05, 0) is 31.9 Å². The summed E-state index contributed by atoms with van der Waals surface area (Å²) >= 11 is 0. The minimum atomic E-state index is -3.96. The lowest BCUT2D eigenvalue weighted by atomic mass is 9.94. The Bertz CT molecular complexity index is 770. The third-order valence-electron chi connectivity index (χ3n) is 5.75. The minimum Gasteiger partial charge on any atom is -0.393 e. The van der Waals surface area contributed by atoms with Crippen LogP contribution in [0.1, 0.15) is 37.7 Å². The van der Waals surface area contributed by atoms with Crippen molar-refractivity contribution in [3.05, 3.63) is 29.8 Å². The number of benzene rings is 1. The van der Waals surface area contributed by atoms with Crippen molar-refractivity contribution >= 4 is 10.1 Å². The first-order valence-electron chi connectivity index (χ1n) is 9.45. The third-order valence-corrected chi connectivity index (χ3v) is 7.03. The third kappa shape index (κ3) is 3.54. The molecule has 2 saturated heterocycles. The summed E-state index contributed by atoms with van der Waals surface area (Å²) in [6, 6.07) is 6.42. The van der Waals surface area contributed by atoms with Gasteiger partial charge < -0.3 is 19.3 Å². The summed E-state index contributed by atoms with van der Waals surface area (Å²) in [6.45, 7) is 1.40. The monoisotopic (exact) mass is 398 g/mol. The molecule has 3 atom stereocenters. The summed E-state index contributed by atoms with van der Waals surface area (Å²) in [5.74, 6) is -0.631. The van der Waals surface area contributed by atoms with Gasteiger partial charge >= 0.3 is 0 Å². The van der Waals surface area contributed by atoms with Gasteiger partial charge in [-0.2, -0.15) is 8.42 Å². The van der Waals surface area contributed by atoms with E-state index in [1.807, 2.05) is 6.92 Å². The lowest BCUT2D eigenvalue weighted by molar-refractivity contribution is -0.236. The van der Waals surface area contributed by atoms with Crippen LogP contribution in [-0.2, 0) is 28.5 Å². The van der Waals surface area contributed by atoms with Crippen molar-refractivity contribution in [3.63, 3.8) is 0 Å². The SMILES string of the molecule is Cc1ccc(S(=O)(=O)OC[C@]2(CO)OCC3OC4(CCCCC4)OC32)cc1. The average Bonchev–Trinajstić information content (AvgIpc) is 3.17. The van der Waals surface area contributed by atoms with E-state index in [4.69, 9.17) is 18.4 Å². The van der Waals surface area contributed by atoms with Gasteiger partial charge in [-0.25, -0.2) is 0 Å². The van der Waals surface area contributed by atoms with E-state index in [1.165, 1.54) is 12.1 Å². The van der Waals surface area contributed by atoms with E-state index >= 15 is 0 Å². The zero-order chi connectivity index (χ0) is 19.1. The molecule has 1 saturated carbocycles. The van der Waals surface area contributed by atoms with Crippen molar-refractivity contribution in [2.75, 3.05) is 19.8 Å². The van der Waals surface area contributed by atoms with Crippen LogP contribution >= 0.6 is 0 Å². The Labute approximate surface area is 159 Å². The Balaban J connectivity index is 1.49. The molecule has 2 unspecified atom stereocenters. The van der Waals surface area contributed by atoms with Gasteiger partial charge in [-0.3, -0.25) is 4.18 Å². The lowest BCUT2D eigenvalue weighted by Gasteiger charge is -2.36. The molecule has 1 N–H and O–H groups in total. The number of aliphatic hydroxyl groups excluding tert-OH is 1. The maximum Gasteiger partial charge on any atom is 0.297 e. The zero-order valence-electron chi connectivity index (χ0n) is 15.4. The van der Waals surface area contributed by atoms with E-state index in [0.717, 1.165) is 37.7 Å². The summed E-state index contributed by atoms with van der Waals surface area (Å²) in [5.41, 5.74) is -0.291. The molecule has 3 fully saturated rings. The van der Waals surface area contributed by atoms with Crippen molar-refractivity contribution in [1.29, 1.82) is 0 Å². The van der Waals surface area contributed by atoms with Gasteiger partial charge in [0.2, 0.25) is 0 Å². The van der Waals surface area contributed by atoms with E-state index in [-0.39, 0.29) is 24.2 Å². The molecule has 1 spiro atoms. The highest BCUT2D eigenvalue weighted by atomic mass is 32.2. The normalized spacial score (nSPS) is 32.7. The highest BCUT2D eigenvalue weighted by Crippen LogP contribution is 2.47. The van der Waals surface area contributed by atoms with E-state index in [0.29, 0.717) is 0 Å². The molecular weight excluding hydrogens is 372 g/mol. The quantitative estimate of drug-likeness (QED) is 0.758. The molecule has 0 radical (unpaired) electrons. The number of aryl methyl sites for hydroxylation is 1. The molecule has 0 amide bonds. The van der Waals surface area contributed by atoms with Crippen LogP contribution in [0, 0.1) is 6.92 Å². The maximum absolute atomic E-state index is 12.5. The van der Waals surface area contributed by atoms with E-state index in [1.54, 1.807) is 12.1 Å². The van der Waals surface area contributed by atoms with Gasteiger partial charge in [0.1, 0.15) is 24.4 Å². The van der Waals surface area contributed by atoms with Crippen LogP contribution in [0.2, 0.25) is 0 Å². The molecule has 2 heterocycles. The van der Waals surface area contributed by atoms with Gasteiger partial charge in [-0.15, -0.1) is 0 Å². The second-order valence-corrected chi connectivity index (χ2v) is 9.34. The second kappa shape index (κ2) is 7.09. The Kier molecular flexibility index (Phi) is 5.07. The number of rotatable bonds is 5. The van der Waals surface area contributed by atoms with Crippen molar-refractivity contribution in [2.45, 2.75) is 67.5 Å². The molecule has 3 aliphatic rings. The predicted molar refractivity (Wildman–Crippen MR) is 95.6 cm³/mol. The fourth-order valence-corrected chi connectivity index (χ4v) is 5.11. The van der Waals surface area contributed by atoms with Crippen molar-refractivity contribution in [3.8, 4) is 0 Å². The summed E-state index contributed by atoms with van der Waals surface area (Å²) < 4.78 is 48.4. The molecule has 2 aliphatic heterocycles. The van der Waals surface area contributed by atoms with Gasteiger partial charge in [0.25, 0.3) is 10.1 Å². The number of hydrogen-bond donors (Lipinski definition) is 1. The minimum absolute atomic E-state index is 0.0723. The fraction of sp³-hybridized carbons (Fsp3) is 0.684. The number of ether oxygens (including phenoxy) is 3. The summed E-state index contributed by atoms with van der Waals surface area (Å²) in [7, 11) is -3.96.